The predicted octanol–water partition coefficient (Wildman–Crippen LogP) is 2.51. The summed E-state index contributed by atoms with van der Waals surface area (Å²) in [4.78, 5) is 12.3. The predicted molar refractivity (Wildman–Crippen MR) is 87.3 cm³/mol. The van der Waals surface area contributed by atoms with E-state index in [0.717, 1.165) is 5.56 Å². The Morgan fingerprint density at radius 3 is 2.71 bits per heavy atom. The van der Waals surface area contributed by atoms with E-state index in [-0.39, 0.29) is 12.3 Å². The first-order chi connectivity index (χ1) is 11.6. The van der Waals surface area contributed by atoms with Gasteiger partial charge in [0.1, 0.15) is 11.3 Å². The molecule has 3 rings (SSSR count). The van der Waals surface area contributed by atoms with Crippen LogP contribution in [0, 0.1) is 0 Å². The van der Waals surface area contributed by atoms with Gasteiger partial charge in [-0.25, -0.2) is 0 Å². The number of carbonyl (C=O) groups excluding carboxylic acids is 1. The number of phenols is 1. The van der Waals surface area contributed by atoms with Crippen molar-refractivity contribution in [3.63, 3.8) is 0 Å². The Bertz CT molecular complexity index is 830. The average Bonchev–Trinajstić information content (AvgIpc) is 3.10. The highest BCUT2D eigenvalue weighted by atomic mass is 16.5. The Balaban J connectivity index is 1.69. The monoisotopic (exact) mass is 324 g/mol. The van der Waals surface area contributed by atoms with Gasteiger partial charge in [0.05, 0.1) is 12.3 Å². The lowest BCUT2D eigenvalue weighted by Gasteiger charge is -2.12. The molecule has 0 fully saturated rings. The second-order valence-electron chi connectivity index (χ2n) is 5.26. The van der Waals surface area contributed by atoms with Gasteiger partial charge in [0.15, 0.2) is 5.76 Å². The standard InChI is InChI=1S/C18H16N2O4/c21-14-8-4-7-13(9-14)16(22)11-19-18(23)15-10-20-24-17(15)12-5-2-1-3-6-12/h1-10,16,21-22H,11H2,(H,19,23)/t16-/m1/s1. The lowest BCUT2D eigenvalue weighted by Crippen LogP contribution is -2.28. The lowest BCUT2D eigenvalue weighted by molar-refractivity contribution is 0.0916. The summed E-state index contributed by atoms with van der Waals surface area (Å²) < 4.78 is 5.17. The summed E-state index contributed by atoms with van der Waals surface area (Å²) in [5.74, 6) is 0.0394. The molecule has 0 saturated heterocycles. The Hall–Kier alpha value is -3.12. The van der Waals surface area contributed by atoms with Crippen LogP contribution in [0.4, 0.5) is 0 Å². The van der Waals surface area contributed by atoms with Crippen LogP contribution in [0.5, 0.6) is 5.75 Å². The summed E-state index contributed by atoms with van der Waals surface area (Å²) in [5.41, 5.74) is 1.56. The summed E-state index contributed by atoms with van der Waals surface area (Å²) in [5, 5.41) is 25.9. The van der Waals surface area contributed by atoms with Crippen molar-refractivity contribution in [2.45, 2.75) is 6.10 Å². The molecule has 1 atom stereocenters. The summed E-state index contributed by atoms with van der Waals surface area (Å²) in [6, 6.07) is 15.4. The zero-order chi connectivity index (χ0) is 16.9. The zero-order valence-electron chi connectivity index (χ0n) is 12.7. The number of aliphatic hydroxyl groups is 1. The fraction of sp³-hybridized carbons (Fsp3) is 0.111. The lowest BCUT2D eigenvalue weighted by atomic mass is 10.1. The highest BCUT2D eigenvalue weighted by Gasteiger charge is 2.18. The van der Waals surface area contributed by atoms with Gasteiger partial charge >= 0.3 is 0 Å². The van der Waals surface area contributed by atoms with E-state index in [1.807, 2.05) is 30.3 Å². The van der Waals surface area contributed by atoms with E-state index in [1.54, 1.807) is 12.1 Å². The van der Waals surface area contributed by atoms with Crippen molar-refractivity contribution in [2.75, 3.05) is 6.54 Å². The molecule has 24 heavy (non-hydrogen) atoms. The number of rotatable bonds is 5. The van der Waals surface area contributed by atoms with Crippen LogP contribution in [0.2, 0.25) is 0 Å². The zero-order valence-corrected chi connectivity index (χ0v) is 12.7. The Morgan fingerprint density at radius 1 is 1.17 bits per heavy atom. The number of aromatic hydroxyl groups is 1. The molecular formula is C18H16N2O4. The first kappa shape index (κ1) is 15.8. The Kier molecular flexibility index (Phi) is 4.58. The largest absolute Gasteiger partial charge is 0.508 e. The highest BCUT2D eigenvalue weighted by molar-refractivity contribution is 5.99. The highest BCUT2D eigenvalue weighted by Crippen LogP contribution is 2.23. The summed E-state index contributed by atoms with van der Waals surface area (Å²) in [6.07, 6.45) is 0.416. The van der Waals surface area contributed by atoms with Crippen molar-refractivity contribution in [3.05, 3.63) is 71.9 Å². The van der Waals surface area contributed by atoms with Crippen molar-refractivity contribution in [1.82, 2.24) is 10.5 Å². The molecule has 3 aromatic rings. The van der Waals surface area contributed by atoms with Gasteiger partial charge in [-0.15, -0.1) is 0 Å². The molecule has 3 N–H and O–H groups in total. The number of benzene rings is 2. The van der Waals surface area contributed by atoms with E-state index >= 15 is 0 Å². The van der Waals surface area contributed by atoms with Gasteiger partial charge in [0, 0.05) is 12.1 Å². The molecule has 0 spiro atoms. The quantitative estimate of drug-likeness (QED) is 0.670. The molecule has 0 saturated carbocycles. The molecule has 1 heterocycles. The molecule has 122 valence electrons. The SMILES string of the molecule is O=C(NC[C@@H](O)c1cccc(O)c1)c1cnoc1-c1ccccc1. The molecule has 6 heteroatoms. The number of carbonyl (C=O) groups is 1. The molecule has 0 aliphatic carbocycles. The number of nitrogens with zero attached hydrogens (tertiary/aromatic N) is 1. The fourth-order valence-corrected chi connectivity index (χ4v) is 2.33. The van der Waals surface area contributed by atoms with Gasteiger partial charge in [-0.3, -0.25) is 4.79 Å². The van der Waals surface area contributed by atoms with Crippen LogP contribution in [0.25, 0.3) is 11.3 Å². The molecule has 0 bridgehead atoms. The van der Waals surface area contributed by atoms with Gasteiger partial charge in [-0.05, 0) is 17.7 Å². The summed E-state index contributed by atoms with van der Waals surface area (Å²) in [6.45, 7) is 0.00168. The van der Waals surface area contributed by atoms with E-state index in [4.69, 9.17) is 4.52 Å². The van der Waals surface area contributed by atoms with Gasteiger partial charge < -0.3 is 20.1 Å². The fourth-order valence-electron chi connectivity index (χ4n) is 2.33. The van der Waals surface area contributed by atoms with Crippen molar-refractivity contribution in [3.8, 4) is 17.1 Å². The van der Waals surface area contributed by atoms with Crippen molar-refractivity contribution >= 4 is 5.91 Å². The second kappa shape index (κ2) is 6.97. The minimum atomic E-state index is -0.930. The van der Waals surface area contributed by atoms with Crippen LogP contribution in [0.1, 0.15) is 22.0 Å². The Morgan fingerprint density at radius 2 is 1.96 bits per heavy atom. The molecule has 6 nitrogen and oxygen atoms in total. The van der Waals surface area contributed by atoms with Gasteiger partial charge in [0.2, 0.25) is 0 Å². The van der Waals surface area contributed by atoms with Crippen molar-refractivity contribution in [2.24, 2.45) is 0 Å². The number of phenolic OH excluding ortho intramolecular Hbond substituents is 1. The smallest absolute Gasteiger partial charge is 0.257 e. The van der Waals surface area contributed by atoms with Crippen LogP contribution < -0.4 is 5.32 Å². The average molecular weight is 324 g/mol. The Labute approximate surface area is 138 Å². The van der Waals surface area contributed by atoms with Crippen LogP contribution in [-0.2, 0) is 0 Å². The molecule has 1 amide bonds. The molecular weight excluding hydrogens is 308 g/mol. The van der Waals surface area contributed by atoms with E-state index < -0.39 is 12.0 Å². The van der Waals surface area contributed by atoms with Crippen LogP contribution in [0.3, 0.4) is 0 Å². The molecule has 0 aliphatic heterocycles. The van der Waals surface area contributed by atoms with Gasteiger partial charge in [-0.2, -0.15) is 0 Å². The third-order valence-corrected chi connectivity index (χ3v) is 3.56. The number of hydrogen-bond donors (Lipinski definition) is 3. The third-order valence-electron chi connectivity index (χ3n) is 3.56. The van der Waals surface area contributed by atoms with Crippen LogP contribution in [0.15, 0.2) is 65.3 Å². The molecule has 0 aliphatic rings. The number of aliphatic hydroxyl groups excluding tert-OH is 1. The van der Waals surface area contributed by atoms with E-state index in [9.17, 15) is 15.0 Å². The number of nitrogens with one attached hydrogen (secondary N) is 1. The first-order valence-corrected chi connectivity index (χ1v) is 7.40. The minimum absolute atomic E-state index is 0.00168. The molecule has 2 aromatic carbocycles. The second-order valence-corrected chi connectivity index (χ2v) is 5.26. The van der Waals surface area contributed by atoms with Gasteiger partial charge in [0.25, 0.3) is 5.91 Å². The van der Waals surface area contributed by atoms with Crippen LogP contribution in [-0.4, -0.2) is 27.8 Å². The van der Waals surface area contributed by atoms with Crippen LogP contribution >= 0.6 is 0 Å². The first-order valence-electron chi connectivity index (χ1n) is 7.40. The van der Waals surface area contributed by atoms with Gasteiger partial charge in [-0.1, -0.05) is 47.6 Å². The normalized spacial score (nSPS) is 11.9. The molecule has 0 radical (unpaired) electrons. The van der Waals surface area contributed by atoms with Crippen molar-refractivity contribution < 1.29 is 19.5 Å². The topological polar surface area (TPSA) is 95.6 Å². The maximum atomic E-state index is 12.3. The summed E-state index contributed by atoms with van der Waals surface area (Å²) in [7, 11) is 0. The van der Waals surface area contributed by atoms with E-state index in [0.29, 0.717) is 16.9 Å². The molecule has 1 aromatic heterocycles. The van der Waals surface area contributed by atoms with E-state index in [1.165, 1.54) is 18.3 Å². The maximum absolute atomic E-state index is 12.3. The van der Waals surface area contributed by atoms with E-state index in [2.05, 4.69) is 10.5 Å². The third kappa shape index (κ3) is 3.44. The van der Waals surface area contributed by atoms with Crippen molar-refractivity contribution in [1.29, 1.82) is 0 Å². The number of amides is 1. The number of hydrogen-bond acceptors (Lipinski definition) is 5. The summed E-state index contributed by atoms with van der Waals surface area (Å²) >= 11 is 0. The molecule has 0 unspecified atom stereocenters. The maximum Gasteiger partial charge on any atom is 0.257 e. The minimum Gasteiger partial charge on any atom is -0.508 e. The number of aromatic nitrogens is 1.